The van der Waals surface area contributed by atoms with Crippen LogP contribution in [0.2, 0.25) is 0 Å². The standard InChI is InChI=1S/C22H30N4O3/c1-16(2)25-22(28)24-14-17-7-9-18(10-8-17)21(27)23-15-19(20-6-5-13-29-20)26-11-3-4-12-26/h5-10,13,16,19H,3-4,11-12,14-15H2,1-2H3,(H,23,27)(H2,24,25,28)/p+1/t19-/m0/s1. The van der Waals surface area contributed by atoms with Crippen LogP contribution in [0.5, 0.6) is 0 Å². The van der Waals surface area contributed by atoms with Crippen molar-refractivity contribution in [3.05, 3.63) is 59.5 Å². The maximum absolute atomic E-state index is 12.6. The minimum Gasteiger partial charge on any atom is -0.463 e. The highest BCUT2D eigenvalue weighted by atomic mass is 16.3. The van der Waals surface area contributed by atoms with Gasteiger partial charge in [-0.3, -0.25) is 4.79 Å². The second kappa shape index (κ2) is 10.1. The number of urea groups is 1. The van der Waals surface area contributed by atoms with E-state index >= 15 is 0 Å². The molecule has 0 radical (unpaired) electrons. The van der Waals surface area contributed by atoms with Crippen molar-refractivity contribution < 1.29 is 18.9 Å². The number of carbonyl (C=O) groups excluding carboxylic acids is 2. The highest BCUT2D eigenvalue weighted by molar-refractivity contribution is 5.94. The molecule has 0 spiro atoms. The number of likely N-dealkylation sites (tertiary alicyclic amines) is 1. The van der Waals surface area contributed by atoms with Crippen molar-refractivity contribution in [2.45, 2.75) is 45.3 Å². The summed E-state index contributed by atoms with van der Waals surface area (Å²) in [5.74, 6) is 0.820. The van der Waals surface area contributed by atoms with Gasteiger partial charge in [-0.2, -0.15) is 0 Å². The molecule has 1 aromatic carbocycles. The molecule has 2 aromatic rings. The van der Waals surface area contributed by atoms with E-state index in [1.54, 1.807) is 18.4 Å². The molecule has 7 nitrogen and oxygen atoms in total. The van der Waals surface area contributed by atoms with Crippen molar-refractivity contribution in [1.29, 1.82) is 0 Å². The molecule has 0 saturated carbocycles. The predicted octanol–water partition coefficient (Wildman–Crippen LogP) is 1.64. The maximum atomic E-state index is 12.6. The van der Waals surface area contributed by atoms with E-state index in [2.05, 4.69) is 16.0 Å². The molecule has 1 saturated heterocycles. The molecular weight excluding hydrogens is 368 g/mol. The molecule has 0 unspecified atom stereocenters. The van der Waals surface area contributed by atoms with E-state index in [0.717, 1.165) is 24.4 Å². The molecule has 1 aliphatic rings. The van der Waals surface area contributed by atoms with Gasteiger partial charge in [0.25, 0.3) is 5.91 Å². The molecule has 0 aliphatic carbocycles. The van der Waals surface area contributed by atoms with Gasteiger partial charge in [-0.15, -0.1) is 0 Å². The summed E-state index contributed by atoms with van der Waals surface area (Å²) in [5, 5.41) is 8.64. The molecule has 3 amide bonds. The van der Waals surface area contributed by atoms with Crippen LogP contribution in [0.1, 0.15) is 54.4 Å². The third-order valence-electron chi connectivity index (χ3n) is 5.18. The summed E-state index contributed by atoms with van der Waals surface area (Å²) in [6, 6.07) is 11.2. The first-order valence-electron chi connectivity index (χ1n) is 10.3. The second-order valence-corrected chi connectivity index (χ2v) is 7.82. The lowest BCUT2D eigenvalue weighted by atomic mass is 10.1. The van der Waals surface area contributed by atoms with Crippen molar-refractivity contribution in [3.8, 4) is 0 Å². The predicted molar refractivity (Wildman–Crippen MR) is 111 cm³/mol. The first-order chi connectivity index (χ1) is 14.0. The first-order valence-corrected chi connectivity index (χ1v) is 10.3. The van der Waals surface area contributed by atoms with Crippen LogP contribution in [-0.4, -0.2) is 37.6 Å². The molecule has 1 atom stereocenters. The van der Waals surface area contributed by atoms with Gasteiger partial charge in [-0.05, 0) is 43.7 Å². The Balaban J connectivity index is 1.52. The monoisotopic (exact) mass is 399 g/mol. The van der Waals surface area contributed by atoms with Gasteiger partial charge < -0.3 is 25.3 Å². The van der Waals surface area contributed by atoms with Crippen molar-refractivity contribution >= 4 is 11.9 Å². The molecule has 7 heteroatoms. The second-order valence-electron chi connectivity index (χ2n) is 7.82. The molecular formula is C22H31N4O3+. The Morgan fingerprint density at radius 2 is 1.79 bits per heavy atom. The van der Waals surface area contributed by atoms with Gasteiger partial charge in [0.15, 0.2) is 11.8 Å². The maximum Gasteiger partial charge on any atom is 0.315 e. The fourth-order valence-electron chi connectivity index (χ4n) is 3.68. The molecule has 2 heterocycles. The van der Waals surface area contributed by atoms with Crippen LogP contribution in [0, 0.1) is 0 Å². The number of benzene rings is 1. The smallest absolute Gasteiger partial charge is 0.315 e. The van der Waals surface area contributed by atoms with E-state index in [1.165, 1.54) is 17.7 Å². The van der Waals surface area contributed by atoms with Crippen LogP contribution in [0.4, 0.5) is 4.79 Å². The lowest BCUT2D eigenvalue weighted by Gasteiger charge is -2.23. The van der Waals surface area contributed by atoms with Crippen molar-refractivity contribution in [2.75, 3.05) is 19.6 Å². The van der Waals surface area contributed by atoms with E-state index in [9.17, 15) is 9.59 Å². The summed E-state index contributed by atoms with van der Waals surface area (Å²) in [7, 11) is 0. The molecule has 0 bridgehead atoms. The number of carbonyl (C=O) groups is 2. The topological polar surface area (TPSA) is 87.8 Å². The Kier molecular flexibility index (Phi) is 7.30. The van der Waals surface area contributed by atoms with Crippen molar-refractivity contribution in [3.63, 3.8) is 0 Å². The van der Waals surface area contributed by atoms with Gasteiger partial charge in [0, 0.05) is 31.0 Å². The molecule has 29 heavy (non-hydrogen) atoms. The van der Waals surface area contributed by atoms with E-state index in [1.807, 2.05) is 38.1 Å². The van der Waals surface area contributed by atoms with Crippen LogP contribution in [0.15, 0.2) is 47.1 Å². The molecule has 3 rings (SSSR count). The minimum atomic E-state index is -0.199. The Morgan fingerprint density at radius 3 is 2.41 bits per heavy atom. The van der Waals surface area contributed by atoms with Gasteiger partial charge in [0.2, 0.25) is 0 Å². The van der Waals surface area contributed by atoms with Crippen molar-refractivity contribution in [1.82, 2.24) is 16.0 Å². The molecule has 156 valence electrons. The Labute approximate surface area is 171 Å². The van der Waals surface area contributed by atoms with E-state index < -0.39 is 0 Å². The lowest BCUT2D eigenvalue weighted by Crippen LogP contribution is -3.11. The van der Waals surface area contributed by atoms with Crippen molar-refractivity contribution in [2.24, 2.45) is 0 Å². The number of furan rings is 1. The van der Waals surface area contributed by atoms with E-state index in [-0.39, 0.29) is 24.0 Å². The first kappa shape index (κ1) is 20.9. The highest BCUT2D eigenvalue weighted by Crippen LogP contribution is 2.12. The SMILES string of the molecule is CC(C)NC(=O)NCc1ccc(C(=O)NC[C@@H](c2ccco2)[NH+]2CCCC2)cc1. The molecule has 1 fully saturated rings. The zero-order valence-corrected chi connectivity index (χ0v) is 17.2. The van der Waals surface area contributed by atoms with E-state index in [0.29, 0.717) is 18.7 Å². The number of rotatable bonds is 8. The molecule has 1 aromatic heterocycles. The Hall–Kier alpha value is -2.80. The summed E-state index contributed by atoms with van der Waals surface area (Å²) in [4.78, 5) is 25.7. The number of amides is 3. The number of hydrogen-bond donors (Lipinski definition) is 4. The number of nitrogens with one attached hydrogen (secondary N) is 4. The summed E-state index contributed by atoms with van der Waals surface area (Å²) in [5.41, 5.74) is 1.55. The number of hydrogen-bond acceptors (Lipinski definition) is 3. The van der Waals surface area contributed by atoms with Gasteiger partial charge in [-0.1, -0.05) is 12.1 Å². The van der Waals surface area contributed by atoms with Crippen LogP contribution < -0.4 is 20.9 Å². The summed E-state index contributed by atoms with van der Waals surface area (Å²) in [6.07, 6.45) is 4.12. The fourth-order valence-corrected chi connectivity index (χ4v) is 3.68. The van der Waals surface area contributed by atoms with Crippen LogP contribution in [0.25, 0.3) is 0 Å². The van der Waals surface area contributed by atoms with Gasteiger partial charge in [0.1, 0.15) is 0 Å². The average molecular weight is 400 g/mol. The van der Waals surface area contributed by atoms with Gasteiger partial charge in [-0.25, -0.2) is 4.79 Å². The van der Waals surface area contributed by atoms with Gasteiger partial charge in [0.05, 0.1) is 25.9 Å². The quantitative estimate of drug-likeness (QED) is 0.544. The average Bonchev–Trinajstić information content (AvgIpc) is 3.41. The highest BCUT2D eigenvalue weighted by Gasteiger charge is 2.29. The third kappa shape index (κ3) is 6.09. The van der Waals surface area contributed by atoms with Gasteiger partial charge >= 0.3 is 6.03 Å². The summed E-state index contributed by atoms with van der Waals surface area (Å²) >= 11 is 0. The Bertz CT molecular complexity index is 781. The normalized spacial score (nSPS) is 15.3. The lowest BCUT2D eigenvalue weighted by molar-refractivity contribution is -0.919. The van der Waals surface area contributed by atoms with Crippen LogP contribution in [0.3, 0.4) is 0 Å². The third-order valence-corrected chi connectivity index (χ3v) is 5.18. The minimum absolute atomic E-state index is 0.0912. The number of quaternary nitrogens is 1. The van der Waals surface area contributed by atoms with Crippen LogP contribution in [-0.2, 0) is 6.54 Å². The fraction of sp³-hybridized carbons (Fsp3) is 0.455. The van der Waals surface area contributed by atoms with E-state index in [4.69, 9.17) is 4.42 Å². The molecule has 1 aliphatic heterocycles. The summed E-state index contributed by atoms with van der Waals surface area (Å²) in [6.45, 7) is 6.99. The Morgan fingerprint density at radius 1 is 1.07 bits per heavy atom. The molecule has 4 N–H and O–H groups in total. The zero-order valence-electron chi connectivity index (χ0n) is 17.2. The summed E-state index contributed by atoms with van der Waals surface area (Å²) < 4.78 is 5.62. The van der Waals surface area contributed by atoms with Crippen LogP contribution >= 0.6 is 0 Å². The largest absolute Gasteiger partial charge is 0.463 e. The zero-order chi connectivity index (χ0) is 20.6.